The van der Waals surface area contributed by atoms with E-state index < -0.39 is 0 Å². The summed E-state index contributed by atoms with van der Waals surface area (Å²) in [5.41, 5.74) is 1.51. The molecule has 0 bridgehead atoms. The highest BCUT2D eigenvalue weighted by Gasteiger charge is 2.28. The fourth-order valence-electron chi connectivity index (χ4n) is 3.50. The fourth-order valence-corrected chi connectivity index (χ4v) is 3.78. The summed E-state index contributed by atoms with van der Waals surface area (Å²) >= 11 is 6.28. The molecule has 2 aromatic rings. The molecule has 2 aromatic carbocycles. The third-order valence-corrected chi connectivity index (χ3v) is 5.17. The summed E-state index contributed by atoms with van der Waals surface area (Å²) in [5, 5.41) is 5.92. The zero-order valence-electron chi connectivity index (χ0n) is 15.7. The van der Waals surface area contributed by atoms with Gasteiger partial charge in [0.05, 0.1) is 6.04 Å². The summed E-state index contributed by atoms with van der Waals surface area (Å²) in [7, 11) is 0. The first-order valence-electron chi connectivity index (χ1n) is 9.29. The van der Waals surface area contributed by atoms with Crippen LogP contribution in [0.25, 0.3) is 0 Å². The van der Waals surface area contributed by atoms with E-state index in [0.29, 0.717) is 21.8 Å². The molecule has 1 fully saturated rings. The molecule has 1 unspecified atom stereocenters. The summed E-state index contributed by atoms with van der Waals surface area (Å²) < 4.78 is 14.5. The average molecular weight is 404 g/mol. The molecule has 28 heavy (non-hydrogen) atoms. The fraction of sp³-hybridized carbons (Fsp3) is 0.333. The molecule has 0 radical (unpaired) electrons. The maximum Gasteiger partial charge on any atom is 0.251 e. The number of hydrogen-bond donors (Lipinski definition) is 2. The molecule has 0 aromatic heterocycles. The van der Waals surface area contributed by atoms with Gasteiger partial charge in [0.15, 0.2) is 0 Å². The zero-order valence-corrected chi connectivity index (χ0v) is 16.4. The van der Waals surface area contributed by atoms with Crippen LogP contribution in [0.15, 0.2) is 42.5 Å². The molecule has 1 saturated heterocycles. The third kappa shape index (κ3) is 4.88. The first-order valence-corrected chi connectivity index (χ1v) is 9.67. The number of carbonyl (C=O) groups excluding carboxylic acids is 2. The normalized spacial score (nSPS) is 15.2. The summed E-state index contributed by atoms with van der Waals surface area (Å²) in [6, 6.07) is 10.9. The highest BCUT2D eigenvalue weighted by Crippen LogP contribution is 2.32. The highest BCUT2D eigenvalue weighted by atomic mass is 35.5. The van der Waals surface area contributed by atoms with Crippen molar-refractivity contribution < 1.29 is 14.0 Å². The van der Waals surface area contributed by atoms with Crippen LogP contribution < -0.4 is 10.6 Å². The number of benzene rings is 2. The molecule has 1 aliphatic rings. The largest absolute Gasteiger partial charge is 0.350 e. The van der Waals surface area contributed by atoms with Gasteiger partial charge in [-0.15, -0.1) is 0 Å². The first kappa shape index (κ1) is 20.3. The summed E-state index contributed by atoms with van der Waals surface area (Å²) in [5.74, 6) is -0.795. The monoisotopic (exact) mass is 403 g/mol. The molecular weight excluding hydrogens is 381 g/mol. The number of carbonyl (C=O) groups is 2. The Morgan fingerprint density at radius 2 is 1.82 bits per heavy atom. The van der Waals surface area contributed by atoms with Gasteiger partial charge in [-0.1, -0.05) is 17.7 Å². The Labute approximate surface area is 168 Å². The number of anilines is 1. The van der Waals surface area contributed by atoms with Gasteiger partial charge in [0.1, 0.15) is 5.82 Å². The highest BCUT2D eigenvalue weighted by molar-refractivity contribution is 6.31. The smallest absolute Gasteiger partial charge is 0.251 e. The van der Waals surface area contributed by atoms with Gasteiger partial charge in [-0.05, 0) is 62.3 Å². The summed E-state index contributed by atoms with van der Waals surface area (Å²) in [6.45, 7) is 3.37. The van der Waals surface area contributed by atoms with Crippen LogP contribution in [0.2, 0.25) is 5.02 Å². The minimum Gasteiger partial charge on any atom is -0.350 e. The second-order valence-electron chi connectivity index (χ2n) is 6.86. The van der Waals surface area contributed by atoms with Crippen molar-refractivity contribution in [3.8, 4) is 0 Å². The van der Waals surface area contributed by atoms with Crippen molar-refractivity contribution in [2.24, 2.45) is 0 Å². The van der Waals surface area contributed by atoms with Crippen molar-refractivity contribution >= 4 is 29.1 Å². The second-order valence-corrected chi connectivity index (χ2v) is 7.27. The van der Waals surface area contributed by atoms with Crippen LogP contribution >= 0.6 is 11.6 Å². The van der Waals surface area contributed by atoms with Crippen molar-refractivity contribution in [3.05, 3.63) is 64.4 Å². The average Bonchev–Trinajstić information content (AvgIpc) is 3.18. The van der Waals surface area contributed by atoms with Crippen LogP contribution in [0.4, 0.5) is 10.1 Å². The van der Waals surface area contributed by atoms with Gasteiger partial charge in [-0.25, -0.2) is 4.39 Å². The third-order valence-electron chi connectivity index (χ3n) is 4.84. The predicted octanol–water partition coefficient (Wildman–Crippen LogP) is 4.00. The van der Waals surface area contributed by atoms with Crippen LogP contribution in [0.1, 0.15) is 41.7 Å². The van der Waals surface area contributed by atoms with Crippen LogP contribution in [0.3, 0.4) is 0 Å². The van der Waals surface area contributed by atoms with Crippen LogP contribution in [0, 0.1) is 5.82 Å². The van der Waals surface area contributed by atoms with Crippen LogP contribution in [-0.2, 0) is 4.79 Å². The molecule has 1 aliphatic heterocycles. The van der Waals surface area contributed by atoms with Gasteiger partial charge in [-0.2, -0.15) is 0 Å². The van der Waals surface area contributed by atoms with E-state index in [9.17, 15) is 14.0 Å². The van der Waals surface area contributed by atoms with Gasteiger partial charge in [0, 0.05) is 35.3 Å². The van der Waals surface area contributed by atoms with Crippen LogP contribution in [-0.4, -0.2) is 36.3 Å². The number of halogens is 2. The number of hydrogen-bond acceptors (Lipinski definition) is 3. The molecule has 3 rings (SSSR count). The maximum atomic E-state index is 14.5. The quantitative estimate of drug-likeness (QED) is 0.766. The molecule has 0 spiro atoms. The molecule has 0 aliphatic carbocycles. The van der Waals surface area contributed by atoms with Crippen molar-refractivity contribution in [2.45, 2.75) is 25.8 Å². The number of rotatable bonds is 6. The number of likely N-dealkylation sites (tertiary alicyclic amines) is 1. The lowest BCUT2D eigenvalue weighted by Crippen LogP contribution is -2.37. The van der Waals surface area contributed by atoms with E-state index in [1.165, 1.54) is 13.0 Å². The Morgan fingerprint density at radius 1 is 1.14 bits per heavy atom. The van der Waals surface area contributed by atoms with Gasteiger partial charge >= 0.3 is 0 Å². The maximum absolute atomic E-state index is 14.5. The molecule has 5 nitrogen and oxygen atoms in total. The van der Waals surface area contributed by atoms with E-state index >= 15 is 0 Å². The molecule has 1 atom stereocenters. The van der Waals surface area contributed by atoms with E-state index in [4.69, 9.17) is 11.6 Å². The molecule has 0 saturated carbocycles. The Morgan fingerprint density at radius 3 is 2.43 bits per heavy atom. The number of nitrogens with zero attached hydrogens (tertiary/aromatic N) is 1. The Balaban J connectivity index is 1.73. The topological polar surface area (TPSA) is 61.4 Å². The van der Waals surface area contributed by atoms with Crippen molar-refractivity contribution in [1.82, 2.24) is 10.2 Å². The van der Waals surface area contributed by atoms with E-state index in [0.717, 1.165) is 25.9 Å². The SMILES string of the molecule is CC(=O)Nc1ccc(C(=O)NCC(c2c(F)cccc2Cl)N2CCCC2)cc1. The van der Waals surface area contributed by atoms with Gasteiger partial charge in [0.25, 0.3) is 5.91 Å². The van der Waals surface area contributed by atoms with Gasteiger partial charge in [-0.3, -0.25) is 14.5 Å². The van der Waals surface area contributed by atoms with Gasteiger partial charge < -0.3 is 10.6 Å². The lowest BCUT2D eigenvalue weighted by Gasteiger charge is -2.29. The lowest BCUT2D eigenvalue weighted by atomic mass is 10.0. The van der Waals surface area contributed by atoms with E-state index in [1.807, 2.05) is 0 Å². The Kier molecular flexibility index (Phi) is 6.65. The number of nitrogens with one attached hydrogen (secondary N) is 2. The standard InChI is InChI=1S/C21H23ClFN3O2/c1-14(27)25-16-9-7-15(8-10-16)21(28)24-13-19(26-11-2-3-12-26)20-17(22)5-4-6-18(20)23/h4-10,19H,2-3,11-13H2,1H3,(H,24,28)(H,25,27). The molecule has 2 amide bonds. The predicted molar refractivity (Wildman–Crippen MR) is 108 cm³/mol. The summed E-state index contributed by atoms with van der Waals surface area (Å²) in [6.07, 6.45) is 2.09. The van der Waals surface area contributed by atoms with Crippen LogP contribution in [0.5, 0.6) is 0 Å². The molecule has 7 heteroatoms. The molecule has 2 N–H and O–H groups in total. The van der Waals surface area contributed by atoms with Crippen molar-refractivity contribution in [1.29, 1.82) is 0 Å². The van der Waals surface area contributed by atoms with E-state index in [-0.39, 0.29) is 30.2 Å². The molecular formula is C21H23ClFN3O2. The van der Waals surface area contributed by atoms with Crippen molar-refractivity contribution in [2.75, 3.05) is 25.0 Å². The first-order chi connectivity index (χ1) is 13.5. The van der Waals surface area contributed by atoms with Gasteiger partial charge in [0.2, 0.25) is 5.91 Å². The minimum atomic E-state index is -0.363. The zero-order chi connectivity index (χ0) is 20.1. The van der Waals surface area contributed by atoms with E-state index in [1.54, 1.807) is 36.4 Å². The van der Waals surface area contributed by atoms with Crippen molar-refractivity contribution in [3.63, 3.8) is 0 Å². The Bertz CT molecular complexity index is 831. The number of amides is 2. The van der Waals surface area contributed by atoms with E-state index in [2.05, 4.69) is 15.5 Å². The Hall–Kier alpha value is -2.44. The minimum absolute atomic E-state index is 0.174. The second kappa shape index (κ2) is 9.17. The molecule has 1 heterocycles. The molecule has 148 valence electrons. The summed E-state index contributed by atoms with van der Waals surface area (Å²) in [4.78, 5) is 25.8. The lowest BCUT2D eigenvalue weighted by molar-refractivity contribution is -0.114.